The lowest BCUT2D eigenvalue weighted by Gasteiger charge is -1.99. The van der Waals surface area contributed by atoms with Crippen molar-refractivity contribution < 1.29 is 19.4 Å². The van der Waals surface area contributed by atoms with Crippen LogP contribution in [-0.2, 0) is 6.61 Å². The number of benzene rings is 1. The third kappa shape index (κ3) is 3.43. The molecular formula is C13H12N2O4. The van der Waals surface area contributed by atoms with Gasteiger partial charge >= 0.3 is 5.97 Å². The molecule has 1 aromatic heterocycles. The summed E-state index contributed by atoms with van der Waals surface area (Å²) in [5.41, 5.74) is 3.62. The fourth-order valence-electron chi connectivity index (χ4n) is 1.41. The summed E-state index contributed by atoms with van der Waals surface area (Å²) < 4.78 is 5.20. The molecule has 0 bridgehead atoms. The van der Waals surface area contributed by atoms with Gasteiger partial charge in [-0.1, -0.05) is 0 Å². The molecular weight excluding hydrogens is 248 g/mol. The Bertz CT molecular complexity index is 587. The average molecular weight is 260 g/mol. The second kappa shape index (κ2) is 5.83. The van der Waals surface area contributed by atoms with E-state index >= 15 is 0 Å². The second-order valence-electron chi connectivity index (χ2n) is 3.71. The number of aromatic carboxylic acids is 1. The number of rotatable bonds is 5. The first-order valence-corrected chi connectivity index (χ1v) is 5.51. The van der Waals surface area contributed by atoms with Crippen molar-refractivity contribution in [2.45, 2.75) is 6.61 Å². The summed E-state index contributed by atoms with van der Waals surface area (Å²) in [6.07, 6.45) is 1.46. The second-order valence-corrected chi connectivity index (χ2v) is 3.71. The minimum absolute atomic E-state index is 0.155. The highest BCUT2D eigenvalue weighted by molar-refractivity contribution is 5.88. The van der Waals surface area contributed by atoms with Gasteiger partial charge in [0.15, 0.2) is 0 Å². The molecule has 0 radical (unpaired) electrons. The van der Waals surface area contributed by atoms with Crippen LogP contribution in [-0.4, -0.2) is 22.4 Å². The van der Waals surface area contributed by atoms with Crippen LogP contribution in [0.2, 0.25) is 0 Å². The Morgan fingerprint density at radius 1 is 1.26 bits per heavy atom. The van der Waals surface area contributed by atoms with Crippen LogP contribution in [0.1, 0.15) is 21.9 Å². The van der Waals surface area contributed by atoms with Crippen LogP contribution in [0.5, 0.6) is 0 Å². The number of anilines is 1. The topological polar surface area (TPSA) is 95.1 Å². The van der Waals surface area contributed by atoms with E-state index < -0.39 is 5.97 Å². The minimum Gasteiger partial charge on any atom is -0.478 e. The van der Waals surface area contributed by atoms with Crippen LogP contribution >= 0.6 is 0 Å². The molecule has 1 aromatic carbocycles. The number of nitrogens with one attached hydrogen (secondary N) is 1. The number of carboxylic acids is 1. The first-order chi connectivity index (χ1) is 9.19. The SMILES string of the molecule is O=C(O)c1ccc(N/N=C/c2ccc(CO)o2)cc1. The Hall–Kier alpha value is -2.60. The number of furan rings is 1. The van der Waals surface area contributed by atoms with Gasteiger partial charge in [-0.25, -0.2) is 4.79 Å². The van der Waals surface area contributed by atoms with Crippen LogP contribution in [0.25, 0.3) is 0 Å². The lowest BCUT2D eigenvalue weighted by Crippen LogP contribution is -1.96. The third-order valence-electron chi connectivity index (χ3n) is 2.36. The Morgan fingerprint density at radius 2 is 2.00 bits per heavy atom. The van der Waals surface area contributed by atoms with Crippen molar-refractivity contribution in [2.75, 3.05) is 5.43 Å². The number of carboxylic acid groups (broad SMARTS) is 1. The van der Waals surface area contributed by atoms with Crippen LogP contribution in [0.3, 0.4) is 0 Å². The molecule has 0 aliphatic rings. The zero-order valence-corrected chi connectivity index (χ0v) is 9.91. The summed E-state index contributed by atoms with van der Waals surface area (Å²) in [6, 6.07) is 9.53. The molecule has 98 valence electrons. The van der Waals surface area contributed by atoms with E-state index in [2.05, 4.69) is 10.5 Å². The number of hydrogen-bond donors (Lipinski definition) is 3. The zero-order chi connectivity index (χ0) is 13.7. The van der Waals surface area contributed by atoms with Gasteiger partial charge in [0.05, 0.1) is 17.5 Å². The van der Waals surface area contributed by atoms with Crippen molar-refractivity contribution in [1.29, 1.82) is 0 Å². The number of hydrazone groups is 1. The maximum absolute atomic E-state index is 10.7. The lowest BCUT2D eigenvalue weighted by atomic mass is 10.2. The van der Waals surface area contributed by atoms with E-state index in [0.717, 1.165) is 0 Å². The summed E-state index contributed by atoms with van der Waals surface area (Å²) in [5, 5.41) is 21.5. The highest BCUT2D eigenvalue weighted by Crippen LogP contribution is 2.10. The fraction of sp³-hybridized carbons (Fsp3) is 0.0769. The zero-order valence-electron chi connectivity index (χ0n) is 9.91. The molecule has 1 heterocycles. The maximum Gasteiger partial charge on any atom is 0.335 e. The van der Waals surface area contributed by atoms with Gasteiger partial charge in [-0.3, -0.25) is 5.43 Å². The van der Waals surface area contributed by atoms with Crippen molar-refractivity contribution in [3.05, 3.63) is 53.5 Å². The number of nitrogens with zero attached hydrogens (tertiary/aromatic N) is 1. The van der Waals surface area contributed by atoms with Gasteiger partial charge in [-0.2, -0.15) is 5.10 Å². The van der Waals surface area contributed by atoms with Crippen molar-refractivity contribution >= 4 is 17.9 Å². The summed E-state index contributed by atoms with van der Waals surface area (Å²) in [5.74, 6) is 0.00753. The van der Waals surface area contributed by atoms with Crippen LogP contribution in [0, 0.1) is 0 Å². The van der Waals surface area contributed by atoms with Crippen molar-refractivity contribution in [2.24, 2.45) is 5.10 Å². The Labute approximate surface area is 109 Å². The molecule has 3 N–H and O–H groups in total. The Balaban J connectivity index is 1.96. The van der Waals surface area contributed by atoms with Crippen molar-refractivity contribution in [3.63, 3.8) is 0 Å². The van der Waals surface area contributed by atoms with E-state index in [0.29, 0.717) is 17.2 Å². The first kappa shape index (κ1) is 12.8. The molecule has 0 saturated heterocycles. The molecule has 2 rings (SSSR count). The Kier molecular flexibility index (Phi) is 3.94. The molecule has 19 heavy (non-hydrogen) atoms. The number of hydrogen-bond acceptors (Lipinski definition) is 5. The summed E-state index contributed by atoms with van der Waals surface area (Å²) >= 11 is 0. The largest absolute Gasteiger partial charge is 0.478 e. The normalized spacial score (nSPS) is 10.8. The number of aliphatic hydroxyl groups is 1. The van der Waals surface area contributed by atoms with E-state index in [-0.39, 0.29) is 12.2 Å². The molecule has 0 amide bonds. The van der Waals surface area contributed by atoms with Gasteiger partial charge in [-0.05, 0) is 36.4 Å². The summed E-state index contributed by atoms with van der Waals surface area (Å²) in [6.45, 7) is -0.155. The van der Waals surface area contributed by atoms with Crippen molar-refractivity contribution in [1.82, 2.24) is 0 Å². The van der Waals surface area contributed by atoms with E-state index in [1.54, 1.807) is 24.3 Å². The highest BCUT2D eigenvalue weighted by Gasteiger charge is 2.01. The van der Waals surface area contributed by atoms with Gasteiger partial charge in [0.2, 0.25) is 0 Å². The van der Waals surface area contributed by atoms with Gasteiger partial charge in [0.25, 0.3) is 0 Å². The molecule has 0 spiro atoms. The van der Waals surface area contributed by atoms with Crippen molar-refractivity contribution in [3.8, 4) is 0 Å². The molecule has 6 nitrogen and oxygen atoms in total. The Morgan fingerprint density at radius 3 is 2.58 bits per heavy atom. The predicted octanol–water partition coefficient (Wildman–Crippen LogP) is 1.92. The van der Waals surface area contributed by atoms with E-state index in [1.165, 1.54) is 18.3 Å². The average Bonchev–Trinajstić information content (AvgIpc) is 2.87. The lowest BCUT2D eigenvalue weighted by molar-refractivity contribution is 0.0697. The van der Waals surface area contributed by atoms with E-state index in [1.807, 2.05) is 0 Å². The van der Waals surface area contributed by atoms with E-state index in [9.17, 15) is 4.79 Å². The van der Waals surface area contributed by atoms with Gasteiger partial charge < -0.3 is 14.6 Å². The van der Waals surface area contributed by atoms with Crippen LogP contribution in [0.15, 0.2) is 45.9 Å². The number of aliphatic hydroxyl groups excluding tert-OH is 1. The van der Waals surface area contributed by atoms with E-state index in [4.69, 9.17) is 14.6 Å². The predicted molar refractivity (Wildman–Crippen MR) is 69.2 cm³/mol. The third-order valence-corrected chi connectivity index (χ3v) is 2.36. The molecule has 0 aliphatic heterocycles. The molecule has 6 heteroatoms. The molecule has 0 fully saturated rings. The molecule has 2 aromatic rings. The van der Waals surface area contributed by atoms with Gasteiger partial charge in [0.1, 0.15) is 18.1 Å². The minimum atomic E-state index is -0.970. The fourth-order valence-corrected chi connectivity index (χ4v) is 1.41. The van der Waals surface area contributed by atoms with Gasteiger partial charge in [0, 0.05) is 0 Å². The van der Waals surface area contributed by atoms with Gasteiger partial charge in [-0.15, -0.1) is 0 Å². The number of carbonyl (C=O) groups is 1. The standard InChI is InChI=1S/C13H12N2O4/c16-8-12-6-5-11(19-12)7-14-15-10-3-1-9(2-4-10)13(17)18/h1-7,15-16H,8H2,(H,17,18)/b14-7+. The summed E-state index contributed by atoms with van der Waals surface area (Å²) in [7, 11) is 0. The smallest absolute Gasteiger partial charge is 0.335 e. The monoisotopic (exact) mass is 260 g/mol. The molecule has 0 atom stereocenters. The molecule has 0 unspecified atom stereocenters. The quantitative estimate of drug-likeness (QED) is 0.564. The van der Waals surface area contributed by atoms with Crippen LogP contribution < -0.4 is 5.43 Å². The molecule has 0 aliphatic carbocycles. The molecule has 0 saturated carbocycles. The highest BCUT2D eigenvalue weighted by atomic mass is 16.4. The maximum atomic E-state index is 10.7. The summed E-state index contributed by atoms with van der Waals surface area (Å²) in [4.78, 5) is 10.7. The first-order valence-electron chi connectivity index (χ1n) is 5.51. The van der Waals surface area contributed by atoms with Crippen LogP contribution in [0.4, 0.5) is 5.69 Å².